The minimum Gasteiger partial charge on any atom is -0.508 e. The first-order valence-corrected chi connectivity index (χ1v) is 9.28. The molecule has 0 spiro atoms. The van der Waals surface area contributed by atoms with Crippen LogP contribution in [0.25, 0.3) is 0 Å². The summed E-state index contributed by atoms with van der Waals surface area (Å²) in [7, 11) is 0. The monoisotopic (exact) mass is 403 g/mol. The number of aromatic hydroxyl groups is 2. The maximum absolute atomic E-state index is 11.9. The predicted octanol–water partition coefficient (Wildman–Crippen LogP) is 2.41. The molecule has 8 nitrogen and oxygen atoms in total. The molecule has 0 heterocycles. The molecule has 0 radical (unpaired) electrons. The number of amides is 1. The lowest BCUT2D eigenvalue weighted by molar-refractivity contribution is -0.124. The number of esters is 1. The van der Waals surface area contributed by atoms with Crippen molar-refractivity contribution in [3.05, 3.63) is 47.5 Å². The lowest BCUT2D eigenvalue weighted by atomic mass is 10.1. The molecule has 156 valence electrons. The summed E-state index contributed by atoms with van der Waals surface area (Å²) in [4.78, 5) is 23.8. The lowest BCUT2D eigenvalue weighted by Gasteiger charge is -2.12. The van der Waals surface area contributed by atoms with Gasteiger partial charge in [-0.2, -0.15) is 0 Å². The number of rotatable bonds is 10. The lowest BCUT2D eigenvalue weighted by Crippen LogP contribution is -2.30. The summed E-state index contributed by atoms with van der Waals surface area (Å²) in [6.45, 7) is 4.71. The van der Waals surface area contributed by atoms with Crippen LogP contribution >= 0.6 is 0 Å². The molecule has 1 amide bonds. The molecule has 2 aromatic rings. The van der Waals surface area contributed by atoms with Crippen LogP contribution in [-0.4, -0.2) is 48.5 Å². The number of nitrogens with one attached hydrogen (secondary N) is 1. The second-order valence-corrected chi connectivity index (χ2v) is 6.02. The largest absolute Gasteiger partial charge is 0.508 e. The van der Waals surface area contributed by atoms with Crippen LogP contribution in [-0.2, 0) is 16.0 Å². The average molecular weight is 403 g/mol. The van der Waals surface area contributed by atoms with E-state index in [1.807, 2.05) is 32.0 Å². The third-order valence-electron chi connectivity index (χ3n) is 3.88. The van der Waals surface area contributed by atoms with Gasteiger partial charge >= 0.3 is 5.97 Å². The molecule has 0 atom stereocenters. The smallest absolute Gasteiger partial charge is 0.342 e. The van der Waals surface area contributed by atoms with E-state index in [0.29, 0.717) is 37.7 Å². The molecular weight excluding hydrogens is 378 g/mol. The Morgan fingerprint density at radius 3 is 2.38 bits per heavy atom. The summed E-state index contributed by atoms with van der Waals surface area (Å²) < 4.78 is 16.0. The molecule has 0 bridgehead atoms. The van der Waals surface area contributed by atoms with Gasteiger partial charge in [0, 0.05) is 12.6 Å². The number of carbonyl (C=O) groups excluding carboxylic acids is 2. The van der Waals surface area contributed by atoms with E-state index in [1.54, 1.807) is 0 Å². The van der Waals surface area contributed by atoms with Crippen molar-refractivity contribution in [3.63, 3.8) is 0 Å². The Hall–Kier alpha value is -3.42. The summed E-state index contributed by atoms with van der Waals surface area (Å²) in [6, 6.07) is 9.07. The molecule has 2 rings (SSSR count). The molecule has 8 heteroatoms. The van der Waals surface area contributed by atoms with Gasteiger partial charge < -0.3 is 29.7 Å². The van der Waals surface area contributed by atoms with Crippen molar-refractivity contribution >= 4 is 11.9 Å². The Morgan fingerprint density at radius 2 is 1.69 bits per heavy atom. The number of hydrogen-bond acceptors (Lipinski definition) is 7. The topological polar surface area (TPSA) is 114 Å². The zero-order chi connectivity index (χ0) is 21.2. The van der Waals surface area contributed by atoms with Gasteiger partial charge in [0.1, 0.15) is 17.1 Å². The van der Waals surface area contributed by atoms with E-state index in [4.69, 9.17) is 14.2 Å². The number of ether oxygens (including phenoxy) is 3. The van der Waals surface area contributed by atoms with Crippen molar-refractivity contribution in [2.24, 2.45) is 0 Å². The van der Waals surface area contributed by atoms with Gasteiger partial charge in [-0.25, -0.2) is 4.79 Å². The summed E-state index contributed by atoms with van der Waals surface area (Å²) in [5.41, 5.74) is 0.830. The van der Waals surface area contributed by atoms with Gasteiger partial charge in [0.2, 0.25) is 0 Å². The highest BCUT2D eigenvalue weighted by molar-refractivity contribution is 5.94. The fourth-order valence-electron chi connectivity index (χ4n) is 2.55. The van der Waals surface area contributed by atoms with Gasteiger partial charge in [-0.3, -0.25) is 4.79 Å². The van der Waals surface area contributed by atoms with Gasteiger partial charge in [0.05, 0.1) is 13.2 Å². The van der Waals surface area contributed by atoms with Crippen molar-refractivity contribution in [2.45, 2.75) is 20.3 Å². The van der Waals surface area contributed by atoms with Gasteiger partial charge in [-0.1, -0.05) is 6.07 Å². The van der Waals surface area contributed by atoms with E-state index in [2.05, 4.69) is 5.32 Å². The third-order valence-corrected chi connectivity index (χ3v) is 3.88. The molecule has 0 aromatic heterocycles. The first-order chi connectivity index (χ1) is 13.9. The highest BCUT2D eigenvalue weighted by Gasteiger charge is 2.15. The van der Waals surface area contributed by atoms with Crippen molar-refractivity contribution in [1.82, 2.24) is 5.32 Å². The van der Waals surface area contributed by atoms with Crippen molar-refractivity contribution in [2.75, 3.05) is 26.4 Å². The molecule has 0 aliphatic heterocycles. The Labute approximate surface area is 169 Å². The van der Waals surface area contributed by atoms with Crippen LogP contribution in [0.5, 0.6) is 23.0 Å². The third kappa shape index (κ3) is 6.60. The summed E-state index contributed by atoms with van der Waals surface area (Å²) in [5.74, 6) is -0.597. The highest BCUT2D eigenvalue weighted by atomic mass is 16.5. The number of phenolic OH excluding ortho intramolecular Hbond substituents is 2. The molecule has 0 saturated heterocycles. The number of phenols is 2. The first kappa shape index (κ1) is 21.9. The van der Waals surface area contributed by atoms with Gasteiger partial charge in [0.15, 0.2) is 18.1 Å². The van der Waals surface area contributed by atoms with Crippen LogP contribution < -0.4 is 14.8 Å². The Morgan fingerprint density at radius 1 is 0.966 bits per heavy atom. The molecule has 0 aliphatic rings. The van der Waals surface area contributed by atoms with E-state index in [-0.39, 0.29) is 11.3 Å². The Balaban J connectivity index is 1.80. The SMILES string of the molecule is CCOc1ccc(CCNC(=O)COC(=O)c2ccc(O)cc2O)cc1OCC. The second kappa shape index (κ2) is 10.8. The molecular formula is C21H25NO7. The molecule has 0 fully saturated rings. The number of carbonyl (C=O) groups is 2. The van der Waals surface area contributed by atoms with Crippen LogP contribution in [0.2, 0.25) is 0 Å². The van der Waals surface area contributed by atoms with E-state index in [0.717, 1.165) is 11.6 Å². The van der Waals surface area contributed by atoms with Crippen LogP contribution in [0.4, 0.5) is 0 Å². The average Bonchev–Trinajstić information content (AvgIpc) is 2.68. The van der Waals surface area contributed by atoms with E-state index < -0.39 is 24.2 Å². The minimum absolute atomic E-state index is 0.131. The van der Waals surface area contributed by atoms with Gasteiger partial charge in [-0.05, 0) is 50.1 Å². The first-order valence-electron chi connectivity index (χ1n) is 9.28. The van der Waals surface area contributed by atoms with E-state index in [1.165, 1.54) is 12.1 Å². The fraction of sp³-hybridized carbons (Fsp3) is 0.333. The van der Waals surface area contributed by atoms with Crippen molar-refractivity contribution < 1.29 is 34.0 Å². The number of hydrogen-bond donors (Lipinski definition) is 3. The molecule has 0 unspecified atom stereocenters. The maximum Gasteiger partial charge on any atom is 0.342 e. The summed E-state index contributed by atoms with van der Waals surface area (Å²) in [5, 5.41) is 21.5. The van der Waals surface area contributed by atoms with Crippen LogP contribution in [0.1, 0.15) is 29.8 Å². The zero-order valence-electron chi connectivity index (χ0n) is 16.4. The molecule has 2 aromatic carbocycles. The van der Waals surface area contributed by atoms with Crippen molar-refractivity contribution in [1.29, 1.82) is 0 Å². The maximum atomic E-state index is 11.9. The van der Waals surface area contributed by atoms with Crippen LogP contribution in [0.3, 0.4) is 0 Å². The second-order valence-electron chi connectivity index (χ2n) is 6.02. The van der Waals surface area contributed by atoms with E-state index in [9.17, 15) is 19.8 Å². The normalized spacial score (nSPS) is 10.3. The molecule has 0 aliphatic carbocycles. The minimum atomic E-state index is -0.856. The van der Waals surface area contributed by atoms with E-state index >= 15 is 0 Å². The standard InChI is InChI=1S/C21H25NO7/c1-3-27-18-8-5-14(11-19(18)28-4-2)9-10-22-20(25)13-29-21(26)16-7-6-15(23)12-17(16)24/h5-8,11-12,23-24H,3-4,9-10,13H2,1-2H3,(H,22,25). The molecule has 0 saturated carbocycles. The Kier molecular flexibility index (Phi) is 8.14. The van der Waals surface area contributed by atoms with Crippen LogP contribution in [0.15, 0.2) is 36.4 Å². The van der Waals surface area contributed by atoms with Gasteiger partial charge in [0.25, 0.3) is 5.91 Å². The highest BCUT2D eigenvalue weighted by Crippen LogP contribution is 2.28. The summed E-state index contributed by atoms with van der Waals surface area (Å²) >= 11 is 0. The molecule has 3 N–H and O–H groups in total. The van der Waals surface area contributed by atoms with Gasteiger partial charge in [-0.15, -0.1) is 0 Å². The predicted molar refractivity (Wildman–Crippen MR) is 106 cm³/mol. The number of benzene rings is 2. The Bertz CT molecular complexity index is 851. The zero-order valence-corrected chi connectivity index (χ0v) is 16.4. The fourth-order valence-corrected chi connectivity index (χ4v) is 2.55. The van der Waals surface area contributed by atoms with Crippen LogP contribution in [0, 0.1) is 0 Å². The van der Waals surface area contributed by atoms with Crippen molar-refractivity contribution in [3.8, 4) is 23.0 Å². The molecule has 29 heavy (non-hydrogen) atoms. The quantitative estimate of drug-likeness (QED) is 0.522. The summed E-state index contributed by atoms with van der Waals surface area (Å²) in [6.07, 6.45) is 0.560.